The van der Waals surface area contributed by atoms with Crippen molar-refractivity contribution in [3.05, 3.63) is 17.7 Å². The monoisotopic (exact) mass is 442 g/mol. The lowest BCUT2D eigenvalue weighted by molar-refractivity contribution is -0.127. The Bertz CT molecular complexity index is 785. The van der Waals surface area contributed by atoms with E-state index in [2.05, 4.69) is 20.4 Å². The van der Waals surface area contributed by atoms with E-state index in [1.54, 1.807) is 20.2 Å². The second-order valence-electron chi connectivity index (χ2n) is 7.37. The van der Waals surface area contributed by atoms with E-state index in [0.29, 0.717) is 29.6 Å². The molecule has 1 unspecified atom stereocenters. The molecule has 2 aliphatic rings. The van der Waals surface area contributed by atoms with Gasteiger partial charge in [-0.2, -0.15) is 8.78 Å². The lowest BCUT2D eigenvalue weighted by Gasteiger charge is -2.24. The number of aliphatic imine (C=N–C) groups is 1. The Kier molecular flexibility index (Phi) is 8.10. The van der Waals surface area contributed by atoms with Gasteiger partial charge in [0.15, 0.2) is 17.5 Å². The highest BCUT2D eigenvalue weighted by atomic mass is 19.3. The van der Waals surface area contributed by atoms with Crippen molar-refractivity contribution < 1.29 is 32.5 Å². The fourth-order valence-corrected chi connectivity index (χ4v) is 3.13. The number of fused-ring (bicyclic) bond motifs is 1. The molecule has 0 radical (unpaired) electrons. The van der Waals surface area contributed by atoms with Gasteiger partial charge in [0.2, 0.25) is 12.7 Å². The highest BCUT2D eigenvalue weighted by molar-refractivity contribution is 5.86. The number of amides is 1. The second kappa shape index (κ2) is 11.0. The van der Waals surface area contributed by atoms with Crippen LogP contribution in [0, 0.1) is 0 Å². The summed E-state index contributed by atoms with van der Waals surface area (Å²) in [4.78, 5) is 17.9. The van der Waals surface area contributed by atoms with Crippen LogP contribution in [0.5, 0.6) is 17.2 Å². The molecule has 0 bridgehead atoms. The smallest absolute Gasteiger partial charge is 0.387 e. The average Bonchev–Trinajstić information content (AvgIpc) is 3.20. The number of carbonyl (C=O) groups excluding carboxylic acids is 1. The van der Waals surface area contributed by atoms with E-state index in [9.17, 15) is 13.6 Å². The average molecular weight is 442 g/mol. The molecular formula is C20H28F2N4O5. The van der Waals surface area contributed by atoms with Crippen molar-refractivity contribution in [3.63, 3.8) is 0 Å². The molecule has 0 aromatic heterocycles. The molecule has 9 nitrogen and oxygen atoms in total. The standard InChI is InChI=1S/C20H28F2N4O5/c1-26(2)18(27)11-25-20(24-10-14-5-3-4-6-28-14)23-9-13-7-16-17(30-12-29-16)8-15(13)31-19(21)22/h7-8,14,19H,3-6,9-12H2,1-2H3,(H2,23,24,25). The van der Waals surface area contributed by atoms with Crippen LogP contribution in [0.4, 0.5) is 8.78 Å². The summed E-state index contributed by atoms with van der Waals surface area (Å²) in [6.07, 6.45) is 3.13. The van der Waals surface area contributed by atoms with Crippen LogP contribution in [0.25, 0.3) is 0 Å². The molecule has 2 N–H and O–H groups in total. The van der Waals surface area contributed by atoms with Gasteiger partial charge in [-0.05, 0) is 25.3 Å². The Balaban J connectivity index is 1.72. The molecule has 1 aromatic rings. The summed E-state index contributed by atoms with van der Waals surface area (Å²) >= 11 is 0. The Morgan fingerprint density at radius 3 is 2.71 bits per heavy atom. The van der Waals surface area contributed by atoms with Gasteiger partial charge in [-0.3, -0.25) is 4.79 Å². The molecule has 1 amide bonds. The summed E-state index contributed by atoms with van der Waals surface area (Å²) in [5.41, 5.74) is 0.401. The number of halogens is 2. The first-order chi connectivity index (χ1) is 14.9. The Hall–Kier alpha value is -2.82. The minimum Gasteiger partial charge on any atom is -0.454 e. The van der Waals surface area contributed by atoms with Crippen LogP contribution >= 0.6 is 0 Å². The third-order valence-corrected chi connectivity index (χ3v) is 4.86. The van der Waals surface area contributed by atoms with Crippen LogP contribution < -0.4 is 24.8 Å². The van der Waals surface area contributed by atoms with Gasteiger partial charge in [-0.1, -0.05) is 0 Å². The molecule has 2 aliphatic heterocycles. The maximum atomic E-state index is 12.9. The molecule has 0 aliphatic carbocycles. The first kappa shape index (κ1) is 22.9. The van der Waals surface area contributed by atoms with Crippen LogP contribution in [0.3, 0.4) is 0 Å². The maximum Gasteiger partial charge on any atom is 0.387 e. The lowest BCUT2D eigenvalue weighted by atomic mass is 10.1. The third-order valence-electron chi connectivity index (χ3n) is 4.86. The van der Waals surface area contributed by atoms with Crippen LogP contribution in [0.2, 0.25) is 0 Å². The Morgan fingerprint density at radius 2 is 2.03 bits per heavy atom. The number of ether oxygens (including phenoxy) is 4. The SMILES string of the molecule is CN(C)C(=O)CNC(=NCc1cc2c(cc1OC(F)F)OCO2)NCC1CCCCO1. The van der Waals surface area contributed by atoms with E-state index >= 15 is 0 Å². The number of benzene rings is 1. The molecule has 1 fully saturated rings. The fourth-order valence-electron chi connectivity index (χ4n) is 3.13. The van der Waals surface area contributed by atoms with E-state index in [4.69, 9.17) is 14.2 Å². The van der Waals surface area contributed by atoms with Crippen LogP contribution in [-0.2, 0) is 16.1 Å². The van der Waals surface area contributed by atoms with E-state index in [1.165, 1.54) is 11.0 Å². The zero-order valence-electron chi connectivity index (χ0n) is 17.7. The Labute approximate surface area is 179 Å². The molecule has 1 aromatic carbocycles. The van der Waals surface area contributed by atoms with Gasteiger partial charge in [0.25, 0.3) is 0 Å². The van der Waals surface area contributed by atoms with E-state index in [1.807, 2.05) is 0 Å². The molecule has 2 heterocycles. The third kappa shape index (κ3) is 6.84. The normalized spacial score (nSPS) is 18.1. The van der Waals surface area contributed by atoms with Gasteiger partial charge < -0.3 is 34.5 Å². The van der Waals surface area contributed by atoms with Gasteiger partial charge >= 0.3 is 6.61 Å². The number of hydrogen-bond acceptors (Lipinski definition) is 6. The zero-order valence-corrected chi connectivity index (χ0v) is 17.7. The molecule has 0 saturated carbocycles. The van der Waals surface area contributed by atoms with E-state index < -0.39 is 6.61 Å². The highest BCUT2D eigenvalue weighted by Gasteiger charge is 2.20. The number of guanidine groups is 1. The second-order valence-corrected chi connectivity index (χ2v) is 7.37. The predicted octanol–water partition coefficient (Wildman–Crippen LogP) is 1.71. The number of nitrogens with one attached hydrogen (secondary N) is 2. The molecule has 1 atom stereocenters. The molecule has 172 valence electrons. The minimum absolute atomic E-state index is 0.0125. The summed E-state index contributed by atoms with van der Waals surface area (Å²) in [6, 6.07) is 2.93. The van der Waals surface area contributed by atoms with Crippen molar-refractivity contribution in [2.45, 2.75) is 38.5 Å². The summed E-state index contributed by atoms with van der Waals surface area (Å²) in [6.45, 7) is -1.68. The maximum absolute atomic E-state index is 12.9. The molecule has 3 rings (SSSR count). The van der Waals surface area contributed by atoms with Gasteiger partial charge in [-0.15, -0.1) is 0 Å². The fraction of sp³-hybridized carbons (Fsp3) is 0.600. The predicted molar refractivity (Wildman–Crippen MR) is 109 cm³/mol. The molecule has 0 spiro atoms. The van der Waals surface area contributed by atoms with E-state index in [0.717, 1.165) is 25.9 Å². The Morgan fingerprint density at radius 1 is 1.26 bits per heavy atom. The van der Waals surface area contributed by atoms with Gasteiger partial charge in [0.1, 0.15) is 5.75 Å². The summed E-state index contributed by atoms with van der Waals surface area (Å²) < 4.78 is 46.6. The van der Waals surface area contributed by atoms with E-state index in [-0.39, 0.29) is 37.6 Å². The first-order valence-electron chi connectivity index (χ1n) is 10.1. The van der Waals surface area contributed by atoms with Crippen molar-refractivity contribution in [2.75, 3.05) is 40.6 Å². The van der Waals surface area contributed by atoms with Crippen LogP contribution in [0.15, 0.2) is 17.1 Å². The van der Waals surface area contributed by atoms with Crippen molar-refractivity contribution in [1.82, 2.24) is 15.5 Å². The summed E-state index contributed by atoms with van der Waals surface area (Å²) in [5.74, 6) is 0.971. The van der Waals surface area contributed by atoms with Crippen molar-refractivity contribution in [2.24, 2.45) is 4.99 Å². The number of hydrogen-bond donors (Lipinski definition) is 2. The number of likely N-dealkylation sites (N-methyl/N-ethyl adjacent to an activating group) is 1. The molecule has 11 heteroatoms. The van der Waals surface area contributed by atoms with Crippen LogP contribution in [0.1, 0.15) is 24.8 Å². The van der Waals surface area contributed by atoms with Crippen molar-refractivity contribution in [1.29, 1.82) is 0 Å². The van der Waals surface area contributed by atoms with Crippen LogP contribution in [-0.4, -0.2) is 70.1 Å². The lowest BCUT2D eigenvalue weighted by Crippen LogP contribution is -2.45. The minimum atomic E-state index is -2.99. The first-order valence-corrected chi connectivity index (χ1v) is 10.1. The summed E-state index contributed by atoms with van der Waals surface area (Å²) in [7, 11) is 3.31. The summed E-state index contributed by atoms with van der Waals surface area (Å²) in [5, 5.41) is 6.14. The largest absolute Gasteiger partial charge is 0.454 e. The topological polar surface area (TPSA) is 93.7 Å². The molecular weight excluding hydrogens is 414 g/mol. The molecule has 31 heavy (non-hydrogen) atoms. The number of rotatable bonds is 8. The highest BCUT2D eigenvalue weighted by Crippen LogP contribution is 2.39. The molecule has 1 saturated heterocycles. The quantitative estimate of drug-likeness (QED) is 0.468. The number of carbonyl (C=O) groups is 1. The number of nitrogens with zero attached hydrogens (tertiary/aromatic N) is 2. The zero-order chi connectivity index (χ0) is 22.2. The van der Waals surface area contributed by atoms with Crippen molar-refractivity contribution >= 4 is 11.9 Å². The van der Waals surface area contributed by atoms with Gasteiger partial charge in [0.05, 0.1) is 19.2 Å². The number of alkyl halides is 2. The van der Waals surface area contributed by atoms with Crippen molar-refractivity contribution in [3.8, 4) is 17.2 Å². The van der Waals surface area contributed by atoms with Gasteiger partial charge in [-0.25, -0.2) is 4.99 Å². The van der Waals surface area contributed by atoms with Gasteiger partial charge in [0, 0.05) is 38.9 Å².